The van der Waals surface area contributed by atoms with E-state index >= 15 is 0 Å². The van der Waals surface area contributed by atoms with Crippen LogP contribution in [-0.4, -0.2) is 32.3 Å². The average Bonchev–Trinajstić information content (AvgIpc) is 2.62. The Kier molecular flexibility index (Phi) is 6.60. The second-order valence-corrected chi connectivity index (χ2v) is 7.93. The highest BCUT2D eigenvalue weighted by Gasteiger charge is 2.22. The number of benzene rings is 2. The third-order valence-corrected chi connectivity index (χ3v) is 5.74. The summed E-state index contributed by atoms with van der Waals surface area (Å²) in [5, 5.41) is 0.450. The van der Waals surface area contributed by atoms with Gasteiger partial charge in [-0.2, -0.15) is 4.31 Å². The summed E-state index contributed by atoms with van der Waals surface area (Å²) in [7, 11) is -2.28. The lowest BCUT2D eigenvalue weighted by Gasteiger charge is -2.20. The molecule has 0 aliphatic rings. The summed E-state index contributed by atoms with van der Waals surface area (Å²) in [6.45, 7) is 2.24. The van der Waals surface area contributed by atoms with E-state index in [2.05, 4.69) is 5.43 Å². The van der Waals surface area contributed by atoms with E-state index in [0.29, 0.717) is 28.5 Å². The Morgan fingerprint density at radius 3 is 2.46 bits per heavy atom. The SMILES string of the molecule is CCOc1ccc(C(=O)NN)cc1CN(C)S(=O)(=O)c1ccc(Cl)cc1. The Bertz CT molecular complexity index is 885. The number of rotatable bonds is 7. The minimum absolute atomic E-state index is 0.0198. The Morgan fingerprint density at radius 1 is 1.23 bits per heavy atom. The first-order chi connectivity index (χ1) is 12.3. The van der Waals surface area contributed by atoms with E-state index in [9.17, 15) is 13.2 Å². The monoisotopic (exact) mass is 397 g/mol. The minimum Gasteiger partial charge on any atom is -0.494 e. The van der Waals surface area contributed by atoms with Crippen LogP contribution in [0.2, 0.25) is 5.02 Å². The summed E-state index contributed by atoms with van der Waals surface area (Å²) >= 11 is 5.81. The number of hydrogen-bond acceptors (Lipinski definition) is 5. The van der Waals surface area contributed by atoms with Gasteiger partial charge in [-0.15, -0.1) is 0 Å². The molecular weight excluding hydrogens is 378 g/mol. The van der Waals surface area contributed by atoms with E-state index in [4.69, 9.17) is 22.2 Å². The number of nitrogens with one attached hydrogen (secondary N) is 1. The van der Waals surface area contributed by atoms with Crippen LogP contribution in [0.3, 0.4) is 0 Å². The molecule has 2 aromatic carbocycles. The van der Waals surface area contributed by atoms with Crippen molar-refractivity contribution in [2.45, 2.75) is 18.4 Å². The van der Waals surface area contributed by atoms with Crippen molar-refractivity contribution in [1.82, 2.24) is 9.73 Å². The van der Waals surface area contributed by atoms with Crippen molar-refractivity contribution in [3.63, 3.8) is 0 Å². The molecule has 2 aromatic rings. The molecule has 0 saturated heterocycles. The Labute approximate surface area is 157 Å². The molecule has 0 radical (unpaired) electrons. The van der Waals surface area contributed by atoms with Crippen molar-refractivity contribution in [3.05, 3.63) is 58.6 Å². The quantitative estimate of drug-likeness (QED) is 0.423. The highest BCUT2D eigenvalue weighted by Crippen LogP contribution is 2.25. The molecule has 0 aliphatic heterocycles. The van der Waals surface area contributed by atoms with Gasteiger partial charge in [-0.1, -0.05) is 11.6 Å². The van der Waals surface area contributed by atoms with Crippen molar-refractivity contribution in [1.29, 1.82) is 0 Å². The van der Waals surface area contributed by atoms with Gasteiger partial charge in [0.1, 0.15) is 5.75 Å². The van der Waals surface area contributed by atoms with Crippen LogP contribution in [0, 0.1) is 0 Å². The number of ether oxygens (including phenoxy) is 1. The molecule has 26 heavy (non-hydrogen) atoms. The van der Waals surface area contributed by atoms with E-state index in [1.54, 1.807) is 18.2 Å². The van der Waals surface area contributed by atoms with Gasteiger partial charge >= 0.3 is 0 Å². The van der Waals surface area contributed by atoms with Gasteiger partial charge in [0.05, 0.1) is 11.5 Å². The van der Waals surface area contributed by atoms with Crippen molar-refractivity contribution < 1.29 is 17.9 Å². The summed E-state index contributed by atoms with van der Waals surface area (Å²) < 4.78 is 32.2. The van der Waals surface area contributed by atoms with Gasteiger partial charge in [-0.05, 0) is 49.4 Å². The zero-order valence-corrected chi connectivity index (χ0v) is 16.0. The number of hydrazine groups is 1. The second-order valence-electron chi connectivity index (χ2n) is 5.44. The Hall–Kier alpha value is -2.13. The maximum Gasteiger partial charge on any atom is 0.265 e. The maximum atomic E-state index is 12.7. The van der Waals surface area contributed by atoms with Crippen LogP contribution in [-0.2, 0) is 16.6 Å². The molecule has 0 aliphatic carbocycles. The lowest BCUT2D eigenvalue weighted by atomic mass is 10.1. The third-order valence-electron chi connectivity index (χ3n) is 3.67. The smallest absolute Gasteiger partial charge is 0.265 e. The number of halogens is 1. The van der Waals surface area contributed by atoms with Gasteiger partial charge in [-0.3, -0.25) is 10.2 Å². The molecule has 0 saturated carbocycles. The van der Waals surface area contributed by atoms with E-state index in [1.807, 2.05) is 6.92 Å². The van der Waals surface area contributed by atoms with Gasteiger partial charge in [0.15, 0.2) is 0 Å². The normalized spacial score (nSPS) is 11.4. The molecule has 0 unspecified atom stereocenters. The average molecular weight is 398 g/mol. The van der Waals surface area contributed by atoms with E-state index < -0.39 is 15.9 Å². The van der Waals surface area contributed by atoms with E-state index in [1.165, 1.54) is 35.6 Å². The summed E-state index contributed by atoms with van der Waals surface area (Å²) in [6.07, 6.45) is 0. The first-order valence-corrected chi connectivity index (χ1v) is 9.60. The number of hydrogen-bond donors (Lipinski definition) is 2. The molecule has 7 nitrogen and oxygen atoms in total. The van der Waals surface area contributed by atoms with Crippen LogP contribution < -0.4 is 16.0 Å². The van der Waals surface area contributed by atoms with Crippen LogP contribution in [0.5, 0.6) is 5.75 Å². The number of nitrogens with zero attached hydrogens (tertiary/aromatic N) is 1. The third kappa shape index (κ3) is 4.53. The zero-order chi connectivity index (χ0) is 19.3. The lowest BCUT2D eigenvalue weighted by Crippen LogP contribution is -2.30. The molecule has 2 rings (SSSR count). The minimum atomic E-state index is -3.73. The maximum absolute atomic E-state index is 12.7. The van der Waals surface area contributed by atoms with Gasteiger partial charge in [0.25, 0.3) is 5.91 Å². The molecule has 0 heterocycles. The van der Waals surface area contributed by atoms with Crippen LogP contribution in [0.25, 0.3) is 0 Å². The van der Waals surface area contributed by atoms with Crippen molar-refractivity contribution >= 4 is 27.5 Å². The summed E-state index contributed by atoms with van der Waals surface area (Å²) in [5.74, 6) is 5.19. The number of carbonyl (C=O) groups excluding carboxylic acids is 1. The fourth-order valence-electron chi connectivity index (χ4n) is 2.34. The standard InChI is InChI=1S/C17H20ClN3O4S/c1-3-25-16-9-4-12(17(22)20-19)10-13(16)11-21(2)26(23,24)15-7-5-14(18)6-8-15/h4-10H,3,11,19H2,1-2H3,(H,20,22). The van der Waals surface area contributed by atoms with Crippen molar-refractivity contribution in [3.8, 4) is 5.75 Å². The Morgan fingerprint density at radius 2 is 1.88 bits per heavy atom. The molecule has 0 spiro atoms. The molecule has 0 bridgehead atoms. The van der Waals surface area contributed by atoms with Gasteiger partial charge < -0.3 is 4.74 Å². The first-order valence-electron chi connectivity index (χ1n) is 7.78. The van der Waals surface area contributed by atoms with Crippen LogP contribution in [0.15, 0.2) is 47.4 Å². The molecule has 3 N–H and O–H groups in total. The van der Waals surface area contributed by atoms with Crippen LogP contribution >= 0.6 is 11.6 Å². The van der Waals surface area contributed by atoms with E-state index in [-0.39, 0.29) is 11.4 Å². The summed E-state index contributed by atoms with van der Waals surface area (Å²) in [6, 6.07) is 10.6. The number of nitrogens with two attached hydrogens (primary N) is 1. The Balaban J connectivity index is 2.35. The first kappa shape index (κ1) is 20.2. The molecular formula is C17H20ClN3O4S. The highest BCUT2D eigenvalue weighted by atomic mass is 35.5. The lowest BCUT2D eigenvalue weighted by molar-refractivity contribution is 0.0953. The van der Waals surface area contributed by atoms with Crippen molar-refractivity contribution in [2.24, 2.45) is 5.84 Å². The van der Waals surface area contributed by atoms with Gasteiger partial charge in [0.2, 0.25) is 10.0 Å². The van der Waals surface area contributed by atoms with Crippen LogP contribution in [0.1, 0.15) is 22.8 Å². The molecule has 9 heteroatoms. The topological polar surface area (TPSA) is 102 Å². The second kappa shape index (κ2) is 8.50. The number of carbonyl (C=O) groups is 1. The van der Waals surface area contributed by atoms with Crippen LogP contribution in [0.4, 0.5) is 0 Å². The fraction of sp³-hybridized carbons (Fsp3) is 0.235. The molecule has 0 atom stereocenters. The van der Waals surface area contributed by atoms with E-state index in [0.717, 1.165) is 0 Å². The predicted molar refractivity (Wildman–Crippen MR) is 99.4 cm³/mol. The van der Waals surface area contributed by atoms with Gasteiger partial charge in [-0.25, -0.2) is 14.3 Å². The predicted octanol–water partition coefficient (Wildman–Crippen LogP) is 2.16. The largest absolute Gasteiger partial charge is 0.494 e. The highest BCUT2D eigenvalue weighted by molar-refractivity contribution is 7.89. The fourth-order valence-corrected chi connectivity index (χ4v) is 3.61. The number of sulfonamides is 1. The molecule has 0 fully saturated rings. The summed E-state index contributed by atoms with van der Waals surface area (Å²) in [5.41, 5.74) is 2.91. The van der Waals surface area contributed by atoms with Gasteiger partial charge in [0, 0.05) is 29.7 Å². The summed E-state index contributed by atoms with van der Waals surface area (Å²) in [4.78, 5) is 11.9. The molecule has 0 aromatic heterocycles. The number of nitrogen functional groups attached to an aromatic ring is 1. The zero-order valence-electron chi connectivity index (χ0n) is 14.4. The molecule has 1 amide bonds. The number of amides is 1. The van der Waals surface area contributed by atoms with Crippen molar-refractivity contribution in [2.75, 3.05) is 13.7 Å². The molecule has 140 valence electrons.